The number of amides is 2. The summed E-state index contributed by atoms with van der Waals surface area (Å²) >= 11 is 12.2. The molecule has 4 rings (SSSR count). The van der Waals surface area contributed by atoms with Crippen molar-refractivity contribution in [1.82, 2.24) is 19.4 Å². The van der Waals surface area contributed by atoms with Crippen LogP contribution in [0.4, 0.5) is 10.5 Å². The fraction of sp³-hybridized carbons (Fsp3) is 0.250. The molecular formula is C20H17Cl2N5O4. The summed E-state index contributed by atoms with van der Waals surface area (Å²) in [6.45, 7) is 0.853. The first-order chi connectivity index (χ1) is 14.9. The van der Waals surface area contributed by atoms with Gasteiger partial charge in [0, 0.05) is 37.9 Å². The number of halogens is 2. The highest BCUT2D eigenvalue weighted by molar-refractivity contribution is 6.39. The molecule has 1 aliphatic heterocycles. The Hall–Kier alpha value is -3.17. The number of pyridine rings is 3. The van der Waals surface area contributed by atoms with E-state index in [2.05, 4.69) is 15.3 Å². The van der Waals surface area contributed by atoms with Gasteiger partial charge in [0.05, 0.1) is 34.3 Å². The minimum absolute atomic E-state index is 0.0963. The number of anilines is 1. The third-order valence-electron chi connectivity index (χ3n) is 5.11. The smallest absolute Gasteiger partial charge is 0.409 e. The third kappa shape index (κ3) is 3.94. The Morgan fingerprint density at radius 1 is 1.26 bits per heavy atom. The molecule has 31 heavy (non-hydrogen) atoms. The van der Waals surface area contributed by atoms with E-state index >= 15 is 0 Å². The molecule has 0 saturated carbocycles. The van der Waals surface area contributed by atoms with Gasteiger partial charge in [0.1, 0.15) is 11.2 Å². The summed E-state index contributed by atoms with van der Waals surface area (Å²) in [5.41, 5.74) is 0.0287. The molecule has 4 heterocycles. The number of likely N-dealkylation sites (tertiary alicyclic amines) is 1. The largest absolute Gasteiger partial charge is 0.453 e. The van der Waals surface area contributed by atoms with Gasteiger partial charge in [0.25, 0.3) is 5.91 Å². The molecule has 1 saturated heterocycles. The van der Waals surface area contributed by atoms with Crippen molar-refractivity contribution in [2.75, 3.05) is 25.5 Å². The topological polar surface area (TPSA) is 106 Å². The molecule has 0 aromatic carbocycles. The summed E-state index contributed by atoms with van der Waals surface area (Å²) < 4.78 is 6.55. The lowest BCUT2D eigenvalue weighted by Crippen LogP contribution is -2.30. The first-order valence-electron chi connectivity index (χ1n) is 9.33. The van der Waals surface area contributed by atoms with Crippen molar-refractivity contribution in [2.24, 2.45) is 0 Å². The number of nitrogens with one attached hydrogen (secondary N) is 1. The maximum atomic E-state index is 13.0. The van der Waals surface area contributed by atoms with Crippen LogP contribution in [0.5, 0.6) is 0 Å². The molecule has 0 aliphatic carbocycles. The molecule has 11 heteroatoms. The van der Waals surface area contributed by atoms with E-state index in [4.69, 9.17) is 27.9 Å². The summed E-state index contributed by atoms with van der Waals surface area (Å²) in [5, 5.41) is 3.18. The van der Waals surface area contributed by atoms with Gasteiger partial charge in [0.2, 0.25) is 5.43 Å². The molecule has 1 atom stereocenters. The Balaban J connectivity index is 1.77. The lowest BCUT2D eigenvalue weighted by atomic mass is 10.1. The predicted molar refractivity (Wildman–Crippen MR) is 116 cm³/mol. The predicted octanol–water partition coefficient (Wildman–Crippen LogP) is 3.36. The molecule has 0 bridgehead atoms. The van der Waals surface area contributed by atoms with E-state index < -0.39 is 17.4 Å². The number of fused-ring (bicyclic) bond motifs is 1. The first-order valence-corrected chi connectivity index (χ1v) is 10.1. The summed E-state index contributed by atoms with van der Waals surface area (Å²) in [5.74, 6) is -0.665. The van der Waals surface area contributed by atoms with Crippen LogP contribution >= 0.6 is 23.2 Å². The van der Waals surface area contributed by atoms with Crippen molar-refractivity contribution in [3.63, 3.8) is 0 Å². The third-order valence-corrected chi connectivity index (χ3v) is 5.69. The van der Waals surface area contributed by atoms with Crippen LogP contribution in [-0.4, -0.2) is 51.6 Å². The average molecular weight is 462 g/mol. The van der Waals surface area contributed by atoms with Crippen LogP contribution in [0.2, 0.25) is 10.0 Å². The van der Waals surface area contributed by atoms with Crippen molar-refractivity contribution >= 4 is 51.9 Å². The lowest BCUT2D eigenvalue weighted by Gasteiger charge is -2.19. The molecule has 0 unspecified atom stereocenters. The monoisotopic (exact) mass is 461 g/mol. The fourth-order valence-corrected chi connectivity index (χ4v) is 4.06. The van der Waals surface area contributed by atoms with Crippen LogP contribution in [0.3, 0.4) is 0 Å². The first kappa shape index (κ1) is 21.1. The average Bonchev–Trinajstić information content (AvgIpc) is 3.26. The Morgan fingerprint density at radius 3 is 2.71 bits per heavy atom. The molecule has 3 aromatic rings. The molecular weight excluding hydrogens is 445 g/mol. The van der Waals surface area contributed by atoms with E-state index in [1.807, 2.05) is 0 Å². The van der Waals surface area contributed by atoms with E-state index in [1.54, 1.807) is 27.8 Å². The van der Waals surface area contributed by atoms with E-state index in [9.17, 15) is 14.4 Å². The van der Waals surface area contributed by atoms with Gasteiger partial charge in [-0.15, -0.1) is 0 Å². The molecule has 0 radical (unpaired) electrons. The highest BCUT2D eigenvalue weighted by Crippen LogP contribution is 2.29. The summed E-state index contributed by atoms with van der Waals surface area (Å²) in [7, 11) is 1.32. The Kier molecular flexibility index (Phi) is 5.79. The molecule has 1 aliphatic rings. The highest BCUT2D eigenvalue weighted by Gasteiger charge is 2.30. The molecule has 2 amide bonds. The zero-order valence-electron chi connectivity index (χ0n) is 16.3. The molecule has 9 nitrogen and oxygen atoms in total. The molecule has 1 fully saturated rings. The van der Waals surface area contributed by atoms with Gasteiger partial charge in [-0.25, -0.2) is 9.78 Å². The second-order valence-electron chi connectivity index (χ2n) is 6.94. The van der Waals surface area contributed by atoms with Crippen molar-refractivity contribution in [3.8, 4) is 0 Å². The second kappa shape index (κ2) is 8.52. The summed E-state index contributed by atoms with van der Waals surface area (Å²) in [6.07, 6.45) is 5.90. The lowest BCUT2D eigenvalue weighted by molar-refractivity contribution is 0.102. The number of rotatable bonds is 3. The molecule has 1 N–H and O–H groups in total. The van der Waals surface area contributed by atoms with Crippen LogP contribution in [0, 0.1) is 0 Å². The molecule has 3 aromatic heterocycles. The van der Waals surface area contributed by atoms with Gasteiger partial charge in [0.15, 0.2) is 0 Å². The Bertz CT molecular complexity index is 1230. The van der Waals surface area contributed by atoms with Crippen molar-refractivity contribution in [3.05, 3.63) is 62.8 Å². The van der Waals surface area contributed by atoms with Gasteiger partial charge >= 0.3 is 6.09 Å². The SMILES string of the molecule is COC(=O)N1CC[C@H](n2cc(C(=O)Nc3c(Cl)cncc3Cl)c(=O)c3cccnc32)C1. The number of methoxy groups -OCH3 is 1. The summed E-state index contributed by atoms with van der Waals surface area (Å²) in [6, 6.07) is 3.05. The van der Waals surface area contributed by atoms with Crippen LogP contribution in [0.1, 0.15) is 22.8 Å². The van der Waals surface area contributed by atoms with E-state index in [-0.39, 0.29) is 27.3 Å². The number of nitrogens with zero attached hydrogens (tertiary/aromatic N) is 4. The summed E-state index contributed by atoms with van der Waals surface area (Å²) in [4.78, 5) is 47.7. The van der Waals surface area contributed by atoms with Gasteiger partial charge < -0.3 is 19.5 Å². The van der Waals surface area contributed by atoms with Gasteiger partial charge in [-0.1, -0.05) is 23.2 Å². The Morgan fingerprint density at radius 2 is 2.00 bits per heavy atom. The highest BCUT2D eigenvalue weighted by atomic mass is 35.5. The fourth-order valence-electron chi connectivity index (χ4n) is 3.60. The van der Waals surface area contributed by atoms with E-state index in [0.29, 0.717) is 30.5 Å². The van der Waals surface area contributed by atoms with Gasteiger partial charge in [-0.05, 0) is 18.6 Å². The van der Waals surface area contributed by atoms with Crippen LogP contribution < -0.4 is 10.7 Å². The number of hydrogen-bond donors (Lipinski definition) is 1. The van der Waals surface area contributed by atoms with Crippen LogP contribution in [0.15, 0.2) is 41.7 Å². The van der Waals surface area contributed by atoms with Crippen molar-refractivity contribution in [2.45, 2.75) is 12.5 Å². The van der Waals surface area contributed by atoms with Crippen LogP contribution in [0.25, 0.3) is 11.0 Å². The standard InChI is InChI=1S/C20H17Cl2N5O4/c1-31-20(30)26-6-4-11(9-26)27-10-13(17(28)12-3-2-5-24-18(12)27)19(29)25-16-14(21)7-23-8-15(16)22/h2-3,5,7-8,10-11H,4,6,9H2,1H3,(H,23,25,29)/t11-/m0/s1. The van der Waals surface area contributed by atoms with E-state index in [1.165, 1.54) is 25.7 Å². The maximum Gasteiger partial charge on any atom is 0.409 e. The minimum Gasteiger partial charge on any atom is -0.453 e. The molecule has 160 valence electrons. The van der Waals surface area contributed by atoms with Crippen molar-refractivity contribution < 1.29 is 14.3 Å². The quantitative estimate of drug-likeness (QED) is 0.640. The molecule has 0 spiro atoms. The zero-order valence-corrected chi connectivity index (χ0v) is 17.9. The number of ether oxygens (including phenoxy) is 1. The Labute approximate surface area is 186 Å². The normalized spacial score (nSPS) is 15.8. The van der Waals surface area contributed by atoms with Gasteiger partial charge in [-0.2, -0.15) is 0 Å². The number of carbonyl (C=O) groups excluding carboxylic acids is 2. The number of aromatic nitrogens is 3. The van der Waals surface area contributed by atoms with Crippen LogP contribution in [-0.2, 0) is 4.74 Å². The second-order valence-corrected chi connectivity index (χ2v) is 7.76. The minimum atomic E-state index is -0.665. The number of carbonyl (C=O) groups is 2. The van der Waals surface area contributed by atoms with Gasteiger partial charge in [-0.3, -0.25) is 14.6 Å². The van der Waals surface area contributed by atoms with Crippen molar-refractivity contribution in [1.29, 1.82) is 0 Å². The zero-order chi connectivity index (χ0) is 22.1. The maximum absolute atomic E-state index is 13.0. The number of hydrogen-bond acceptors (Lipinski definition) is 6. The van der Waals surface area contributed by atoms with E-state index in [0.717, 1.165) is 0 Å².